The third kappa shape index (κ3) is 2.12. The Bertz CT molecular complexity index is 188. The van der Waals surface area contributed by atoms with E-state index in [1.54, 1.807) is 0 Å². The molecule has 1 atom stereocenters. The normalized spacial score (nSPS) is 31.1. The fourth-order valence-electron chi connectivity index (χ4n) is 2.70. The van der Waals surface area contributed by atoms with Crippen molar-refractivity contribution in [1.29, 1.82) is 0 Å². The molecule has 0 aromatic heterocycles. The van der Waals surface area contributed by atoms with Crippen LogP contribution in [0.5, 0.6) is 0 Å². The third-order valence-electron chi connectivity index (χ3n) is 4.16. The van der Waals surface area contributed by atoms with Gasteiger partial charge in [0.1, 0.15) is 0 Å². The van der Waals surface area contributed by atoms with Gasteiger partial charge in [-0.2, -0.15) is 0 Å². The van der Waals surface area contributed by atoms with Crippen molar-refractivity contribution >= 4 is 0 Å². The fourth-order valence-corrected chi connectivity index (χ4v) is 2.70. The van der Waals surface area contributed by atoms with Crippen LogP contribution in [0.1, 0.15) is 39.5 Å². The quantitative estimate of drug-likeness (QED) is 0.707. The van der Waals surface area contributed by atoms with E-state index in [-0.39, 0.29) is 6.10 Å². The summed E-state index contributed by atoms with van der Waals surface area (Å²) in [5.74, 6) is 1.12. The molecule has 1 aliphatic carbocycles. The molecule has 82 valence electrons. The lowest BCUT2D eigenvalue weighted by molar-refractivity contribution is -0.00174. The van der Waals surface area contributed by atoms with Crippen LogP contribution in [0.15, 0.2) is 0 Å². The Morgan fingerprint density at radius 2 is 1.71 bits per heavy atom. The van der Waals surface area contributed by atoms with Crippen molar-refractivity contribution in [3.8, 4) is 0 Å². The van der Waals surface area contributed by atoms with E-state index in [0.717, 1.165) is 13.1 Å². The molecular weight excluding hydrogens is 174 g/mol. The minimum Gasteiger partial charge on any atom is -0.392 e. The molecule has 0 radical (unpaired) electrons. The van der Waals surface area contributed by atoms with Gasteiger partial charge in [0.05, 0.1) is 6.10 Å². The van der Waals surface area contributed by atoms with Crippen LogP contribution < -0.4 is 5.32 Å². The van der Waals surface area contributed by atoms with E-state index in [1.807, 2.05) is 0 Å². The maximum absolute atomic E-state index is 10.1. The van der Waals surface area contributed by atoms with Gasteiger partial charge in [0, 0.05) is 19.0 Å². The highest BCUT2D eigenvalue weighted by molar-refractivity contribution is 4.89. The predicted octanol–water partition coefficient (Wildman–Crippen LogP) is 1.78. The highest BCUT2D eigenvalue weighted by atomic mass is 16.3. The molecule has 2 aliphatic rings. The molecule has 1 unspecified atom stereocenters. The van der Waals surface area contributed by atoms with Crippen LogP contribution in [-0.2, 0) is 0 Å². The molecule has 2 rings (SSSR count). The molecule has 0 amide bonds. The summed E-state index contributed by atoms with van der Waals surface area (Å²) in [5, 5.41) is 13.4. The predicted molar refractivity (Wildman–Crippen MR) is 58.1 cm³/mol. The Kier molecular flexibility index (Phi) is 2.85. The first kappa shape index (κ1) is 10.4. The highest BCUT2D eigenvalue weighted by Gasteiger charge is 2.35. The molecule has 1 aliphatic heterocycles. The molecule has 1 saturated carbocycles. The summed E-state index contributed by atoms with van der Waals surface area (Å²) in [6.07, 6.45) is 4.99. The van der Waals surface area contributed by atoms with E-state index in [2.05, 4.69) is 19.2 Å². The first-order chi connectivity index (χ1) is 6.58. The van der Waals surface area contributed by atoms with E-state index in [0.29, 0.717) is 17.3 Å². The molecule has 0 aromatic carbocycles. The second-order valence-electron chi connectivity index (χ2n) is 5.91. The lowest BCUT2D eigenvalue weighted by atomic mass is 9.69. The van der Waals surface area contributed by atoms with Gasteiger partial charge < -0.3 is 10.4 Å². The van der Waals surface area contributed by atoms with Gasteiger partial charge in [0.15, 0.2) is 0 Å². The van der Waals surface area contributed by atoms with Gasteiger partial charge >= 0.3 is 0 Å². The van der Waals surface area contributed by atoms with Crippen molar-refractivity contribution < 1.29 is 5.11 Å². The summed E-state index contributed by atoms with van der Waals surface area (Å²) in [7, 11) is 0. The van der Waals surface area contributed by atoms with Crippen molar-refractivity contribution in [3.63, 3.8) is 0 Å². The molecule has 2 nitrogen and oxygen atoms in total. The smallest absolute Gasteiger partial charge is 0.0620 e. The fraction of sp³-hybridized carbons (Fsp3) is 1.00. The lowest BCUT2D eigenvalue weighted by Gasteiger charge is -2.41. The topological polar surface area (TPSA) is 32.3 Å². The van der Waals surface area contributed by atoms with Gasteiger partial charge in [-0.25, -0.2) is 0 Å². The van der Waals surface area contributed by atoms with Gasteiger partial charge in [0.25, 0.3) is 0 Å². The van der Waals surface area contributed by atoms with E-state index in [9.17, 15) is 5.11 Å². The SMILES string of the molecule is CC1(C)CCC(C(O)C2CNC2)CC1. The maximum Gasteiger partial charge on any atom is 0.0620 e. The molecule has 1 saturated heterocycles. The summed E-state index contributed by atoms with van der Waals surface area (Å²) in [4.78, 5) is 0. The van der Waals surface area contributed by atoms with Crippen LogP contribution in [0, 0.1) is 17.3 Å². The maximum atomic E-state index is 10.1. The van der Waals surface area contributed by atoms with Crippen molar-refractivity contribution in [2.75, 3.05) is 13.1 Å². The van der Waals surface area contributed by atoms with Crippen molar-refractivity contribution in [2.45, 2.75) is 45.6 Å². The Balaban J connectivity index is 1.82. The molecular formula is C12H23NO. The second-order valence-corrected chi connectivity index (χ2v) is 5.91. The number of aliphatic hydroxyl groups is 1. The summed E-state index contributed by atoms with van der Waals surface area (Å²) >= 11 is 0. The van der Waals surface area contributed by atoms with Crippen LogP contribution in [-0.4, -0.2) is 24.3 Å². The first-order valence-corrected chi connectivity index (χ1v) is 5.97. The van der Waals surface area contributed by atoms with Crippen LogP contribution in [0.25, 0.3) is 0 Å². The standard InChI is InChI=1S/C12H23NO/c1-12(2)5-3-9(4-6-12)11(14)10-7-13-8-10/h9-11,13-14H,3-8H2,1-2H3. The number of hydrogen-bond acceptors (Lipinski definition) is 2. The molecule has 2 heteroatoms. The molecule has 0 aromatic rings. The Labute approximate surface area is 87.1 Å². The zero-order valence-electron chi connectivity index (χ0n) is 9.42. The number of hydrogen-bond donors (Lipinski definition) is 2. The minimum absolute atomic E-state index is 0.0349. The molecule has 2 fully saturated rings. The third-order valence-corrected chi connectivity index (χ3v) is 4.16. The van der Waals surface area contributed by atoms with Crippen molar-refractivity contribution in [1.82, 2.24) is 5.32 Å². The molecule has 14 heavy (non-hydrogen) atoms. The van der Waals surface area contributed by atoms with Gasteiger partial charge in [-0.05, 0) is 37.0 Å². The van der Waals surface area contributed by atoms with E-state index in [4.69, 9.17) is 0 Å². The first-order valence-electron chi connectivity index (χ1n) is 5.97. The average molecular weight is 197 g/mol. The molecule has 0 bridgehead atoms. The summed E-state index contributed by atoms with van der Waals surface area (Å²) < 4.78 is 0. The van der Waals surface area contributed by atoms with Crippen LogP contribution in [0.2, 0.25) is 0 Å². The van der Waals surface area contributed by atoms with Gasteiger partial charge in [-0.3, -0.25) is 0 Å². The zero-order valence-corrected chi connectivity index (χ0v) is 9.42. The highest BCUT2D eigenvalue weighted by Crippen LogP contribution is 2.40. The van der Waals surface area contributed by atoms with Gasteiger partial charge in [-0.15, -0.1) is 0 Å². The summed E-state index contributed by atoms with van der Waals surface area (Å²) in [6.45, 7) is 6.75. The summed E-state index contributed by atoms with van der Waals surface area (Å²) in [5.41, 5.74) is 0.522. The number of aliphatic hydroxyl groups excluding tert-OH is 1. The second kappa shape index (κ2) is 3.82. The average Bonchev–Trinajstić information content (AvgIpc) is 2.00. The Hall–Kier alpha value is -0.0800. The Morgan fingerprint density at radius 1 is 1.14 bits per heavy atom. The van der Waals surface area contributed by atoms with Crippen LogP contribution in [0.3, 0.4) is 0 Å². The Morgan fingerprint density at radius 3 is 2.14 bits per heavy atom. The van der Waals surface area contributed by atoms with E-state index in [1.165, 1.54) is 25.7 Å². The van der Waals surface area contributed by atoms with Gasteiger partial charge in [0.2, 0.25) is 0 Å². The van der Waals surface area contributed by atoms with Crippen LogP contribution >= 0.6 is 0 Å². The summed E-state index contributed by atoms with van der Waals surface area (Å²) in [6, 6.07) is 0. The van der Waals surface area contributed by atoms with E-state index < -0.39 is 0 Å². The zero-order chi connectivity index (χ0) is 10.2. The number of rotatable bonds is 2. The van der Waals surface area contributed by atoms with Gasteiger partial charge in [-0.1, -0.05) is 13.8 Å². The van der Waals surface area contributed by atoms with Crippen molar-refractivity contribution in [2.24, 2.45) is 17.3 Å². The molecule has 1 heterocycles. The monoisotopic (exact) mass is 197 g/mol. The number of nitrogens with one attached hydrogen (secondary N) is 1. The van der Waals surface area contributed by atoms with Crippen molar-refractivity contribution in [3.05, 3.63) is 0 Å². The lowest BCUT2D eigenvalue weighted by Crippen LogP contribution is -2.51. The molecule has 0 spiro atoms. The molecule has 2 N–H and O–H groups in total. The van der Waals surface area contributed by atoms with Crippen LogP contribution in [0.4, 0.5) is 0 Å². The minimum atomic E-state index is -0.0349. The van der Waals surface area contributed by atoms with E-state index >= 15 is 0 Å². The largest absolute Gasteiger partial charge is 0.392 e.